The van der Waals surface area contributed by atoms with Crippen molar-refractivity contribution in [2.24, 2.45) is 0 Å². The molecule has 3 rings (SSSR count). The minimum Gasteiger partial charge on any atom is -0.497 e. The number of ether oxygens (including phenoxy) is 1. The van der Waals surface area contributed by atoms with Crippen LogP contribution in [0.1, 0.15) is 24.3 Å². The lowest BCUT2D eigenvalue weighted by molar-refractivity contribution is 0.373. The zero-order valence-electron chi connectivity index (χ0n) is 11.5. The number of methoxy groups -OCH3 is 1. The second kappa shape index (κ2) is 5.53. The standard InChI is InChI=1S/C17H18FNO/c1-20-17-8-2-12(3-9-17)13-10-16(11-13)19-15-6-4-14(18)5-7-15/h2-9,13,16,19H,10-11H2,1H3. The van der Waals surface area contributed by atoms with E-state index in [0.29, 0.717) is 12.0 Å². The van der Waals surface area contributed by atoms with E-state index in [2.05, 4.69) is 17.4 Å². The molecule has 1 aliphatic rings. The van der Waals surface area contributed by atoms with Crippen LogP contribution < -0.4 is 10.1 Å². The van der Waals surface area contributed by atoms with Gasteiger partial charge in [-0.05, 0) is 60.7 Å². The van der Waals surface area contributed by atoms with E-state index in [1.54, 1.807) is 19.2 Å². The molecule has 2 aromatic carbocycles. The molecule has 0 atom stereocenters. The van der Waals surface area contributed by atoms with Crippen molar-refractivity contribution >= 4 is 5.69 Å². The Bertz CT molecular complexity index is 559. The molecule has 0 saturated heterocycles. The zero-order valence-corrected chi connectivity index (χ0v) is 11.5. The minimum atomic E-state index is -0.194. The third-order valence-electron chi connectivity index (χ3n) is 3.94. The number of rotatable bonds is 4. The second-order valence-electron chi connectivity index (χ2n) is 5.29. The fourth-order valence-electron chi connectivity index (χ4n) is 2.67. The van der Waals surface area contributed by atoms with Crippen molar-refractivity contribution in [1.29, 1.82) is 0 Å². The van der Waals surface area contributed by atoms with Gasteiger partial charge in [-0.25, -0.2) is 4.39 Å². The van der Waals surface area contributed by atoms with Crippen molar-refractivity contribution in [3.8, 4) is 5.75 Å². The van der Waals surface area contributed by atoms with Crippen LogP contribution in [0.15, 0.2) is 48.5 Å². The summed E-state index contributed by atoms with van der Waals surface area (Å²) in [5, 5.41) is 3.44. The molecule has 104 valence electrons. The molecule has 0 aliphatic heterocycles. The highest BCUT2D eigenvalue weighted by atomic mass is 19.1. The molecular weight excluding hydrogens is 253 g/mol. The van der Waals surface area contributed by atoms with Gasteiger partial charge in [0, 0.05) is 11.7 Å². The van der Waals surface area contributed by atoms with E-state index in [-0.39, 0.29) is 5.82 Å². The van der Waals surface area contributed by atoms with Gasteiger partial charge in [-0.1, -0.05) is 12.1 Å². The van der Waals surface area contributed by atoms with E-state index < -0.39 is 0 Å². The third kappa shape index (κ3) is 2.77. The summed E-state index contributed by atoms with van der Waals surface area (Å²) in [5.41, 5.74) is 2.35. The maximum absolute atomic E-state index is 12.8. The van der Waals surface area contributed by atoms with Crippen molar-refractivity contribution in [1.82, 2.24) is 0 Å². The lowest BCUT2D eigenvalue weighted by atomic mass is 9.76. The molecular formula is C17H18FNO. The molecule has 1 N–H and O–H groups in total. The Morgan fingerprint density at radius 1 is 1.00 bits per heavy atom. The van der Waals surface area contributed by atoms with E-state index in [0.717, 1.165) is 24.3 Å². The molecule has 0 bridgehead atoms. The lowest BCUT2D eigenvalue weighted by Gasteiger charge is -2.37. The van der Waals surface area contributed by atoms with Gasteiger partial charge in [0.1, 0.15) is 11.6 Å². The Morgan fingerprint density at radius 3 is 2.25 bits per heavy atom. The van der Waals surface area contributed by atoms with Gasteiger partial charge in [-0.2, -0.15) is 0 Å². The Balaban J connectivity index is 1.54. The smallest absolute Gasteiger partial charge is 0.123 e. The number of hydrogen-bond donors (Lipinski definition) is 1. The first-order chi connectivity index (χ1) is 9.74. The summed E-state index contributed by atoms with van der Waals surface area (Å²) < 4.78 is 18.0. The van der Waals surface area contributed by atoms with Crippen LogP contribution in [0.3, 0.4) is 0 Å². The summed E-state index contributed by atoms with van der Waals surface area (Å²) in [6.07, 6.45) is 2.23. The van der Waals surface area contributed by atoms with Crippen LogP contribution >= 0.6 is 0 Å². The molecule has 0 spiro atoms. The van der Waals surface area contributed by atoms with Crippen molar-refractivity contribution < 1.29 is 9.13 Å². The van der Waals surface area contributed by atoms with Gasteiger partial charge in [0.05, 0.1) is 7.11 Å². The molecule has 20 heavy (non-hydrogen) atoms. The molecule has 0 amide bonds. The summed E-state index contributed by atoms with van der Waals surface area (Å²) >= 11 is 0. The molecule has 2 nitrogen and oxygen atoms in total. The van der Waals surface area contributed by atoms with Crippen LogP contribution in [0.2, 0.25) is 0 Å². The van der Waals surface area contributed by atoms with Gasteiger partial charge in [0.25, 0.3) is 0 Å². The second-order valence-corrected chi connectivity index (χ2v) is 5.29. The number of hydrogen-bond acceptors (Lipinski definition) is 2. The van der Waals surface area contributed by atoms with Crippen LogP contribution in [0.4, 0.5) is 10.1 Å². The van der Waals surface area contributed by atoms with Crippen molar-refractivity contribution in [2.45, 2.75) is 24.8 Å². The van der Waals surface area contributed by atoms with Crippen molar-refractivity contribution in [2.75, 3.05) is 12.4 Å². The topological polar surface area (TPSA) is 21.3 Å². The average Bonchev–Trinajstić information content (AvgIpc) is 2.45. The SMILES string of the molecule is COc1ccc(C2CC(Nc3ccc(F)cc3)C2)cc1. The van der Waals surface area contributed by atoms with E-state index >= 15 is 0 Å². The molecule has 0 radical (unpaired) electrons. The first kappa shape index (κ1) is 13.0. The van der Waals surface area contributed by atoms with Gasteiger partial charge in [-0.15, -0.1) is 0 Å². The predicted octanol–water partition coefficient (Wildman–Crippen LogP) is 4.19. The van der Waals surface area contributed by atoms with E-state index in [1.807, 2.05) is 12.1 Å². The van der Waals surface area contributed by atoms with Gasteiger partial charge in [0.15, 0.2) is 0 Å². The molecule has 1 aliphatic carbocycles. The van der Waals surface area contributed by atoms with Crippen molar-refractivity contribution in [3.05, 3.63) is 59.9 Å². The van der Waals surface area contributed by atoms with E-state index in [1.165, 1.54) is 17.7 Å². The Hall–Kier alpha value is -2.03. The summed E-state index contributed by atoms with van der Waals surface area (Å²) in [6.45, 7) is 0. The normalized spacial score (nSPS) is 21.1. The highest BCUT2D eigenvalue weighted by molar-refractivity contribution is 5.45. The van der Waals surface area contributed by atoms with Crippen LogP contribution in [0, 0.1) is 5.82 Å². The Kier molecular flexibility index (Phi) is 3.59. The van der Waals surface area contributed by atoms with E-state index in [9.17, 15) is 4.39 Å². The molecule has 0 aromatic heterocycles. The van der Waals surface area contributed by atoms with Gasteiger partial charge >= 0.3 is 0 Å². The molecule has 1 fully saturated rings. The molecule has 0 heterocycles. The van der Waals surface area contributed by atoms with Crippen LogP contribution in [0.25, 0.3) is 0 Å². The molecule has 3 heteroatoms. The van der Waals surface area contributed by atoms with Gasteiger partial charge in [-0.3, -0.25) is 0 Å². The van der Waals surface area contributed by atoms with Crippen LogP contribution in [-0.2, 0) is 0 Å². The predicted molar refractivity (Wildman–Crippen MR) is 78.8 cm³/mol. The number of benzene rings is 2. The highest BCUT2D eigenvalue weighted by Gasteiger charge is 2.30. The summed E-state index contributed by atoms with van der Waals surface area (Å²) in [5.74, 6) is 1.31. The fourth-order valence-corrected chi connectivity index (χ4v) is 2.67. The third-order valence-corrected chi connectivity index (χ3v) is 3.94. The van der Waals surface area contributed by atoms with E-state index in [4.69, 9.17) is 4.74 Å². The summed E-state index contributed by atoms with van der Waals surface area (Å²) in [6, 6.07) is 15.3. The summed E-state index contributed by atoms with van der Waals surface area (Å²) in [4.78, 5) is 0. The maximum atomic E-state index is 12.8. The number of nitrogens with one attached hydrogen (secondary N) is 1. The molecule has 2 aromatic rings. The van der Waals surface area contributed by atoms with Gasteiger partial charge in [0.2, 0.25) is 0 Å². The largest absolute Gasteiger partial charge is 0.497 e. The maximum Gasteiger partial charge on any atom is 0.123 e. The van der Waals surface area contributed by atoms with Gasteiger partial charge < -0.3 is 10.1 Å². The number of halogens is 1. The van der Waals surface area contributed by atoms with Crippen LogP contribution in [-0.4, -0.2) is 13.2 Å². The van der Waals surface area contributed by atoms with Crippen LogP contribution in [0.5, 0.6) is 5.75 Å². The molecule has 1 saturated carbocycles. The first-order valence-corrected chi connectivity index (χ1v) is 6.90. The zero-order chi connectivity index (χ0) is 13.9. The lowest BCUT2D eigenvalue weighted by Crippen LogP contribution is -2.33. The first-order valence-electron chi connectivity index (χ1n) is 6.90. The molecule has 0 unspecified atom stereocenters. The Labute approximate surface area is 118 Å². The number of anilines is 1. The summed E-state index contributed by atoms with van der Waals surface area (Å²) in [7, 11) is 1.68. The monoisotopic (exact) mass is 271 g/mol. The fraction of sp³-hybridized carbons (Fsp3) is 0.294. The minimum absolute atomic E-state index is 0.194. The average molecular weight is 271 g/mol. The van der Waals surface area contributed by atoms with Crippen molar-refractivity contribution in [3.63, 3.8) is 0 Å². The highest BCUT2D eigenvalue weighted by Crippen LogP contribution is 2.38. The quantitative estimate of drug-likeness (QED) is 0.900. The Morgan fingerprint density at radius 2 is 1.65 bits per heavy atom.